The topological polar surface area (TPSA) is 26.0 Å². The van der Waals surface area contributed by atoms with Crippen LogP contribution in [0.3, 0.4) is 0 Å². The Morgan fingerprint density at radius 2 is 2.00 bits per heavy atom. The van der Waals surface area contributed by atoms with Gasteiger partial charge in [0, 0.05) is 0 Å². The molecule has 0 aliphatic rings. The van der Waals surface area contributed by atoms with Gasteiger partial charge in [-0.1, -0.05) is 27.2 Å². The second-order valence-corrected chi connectivity index (χ2v) is 4.88. The zero-order valence-electron chi connectivity index (χ0n) is 6.36. The normalized spacial score (nSPS) is 18.6. The van der Waals surface area contributed by atoms with Crippen LogP contribution in [-0.2, 0) is 0 Å². The van der Waals surface area contributed by atoms with Gasteiger partial charge in [0.1, 0.15) is 0 Å². The summed E-state index contributed by atoms with van der Waals surface area (Å²) in [5, 5.41) is 0. The Bertz CT molecular complexity index is 68.9. The van der Waals surface area contributed by atoms with Gasteiger partial charge in [-0.05, 0) is 10.3 Å². The molecule has 1 atom stereocenters. The van der Waals surface area contributed by atoms with Gasteiger partial charge in [0.25, 0.3) is 0 Å². The summed E-state index contributed by atoms with van der Waals surface area (Å²) in [5.41, 5.74) is 5.92. The van der Waals surface area contributed by atoms with Crippen LogP contribution >= 0.6 is 0 Å². The van der Waals surface area contributed by atoms with Crippen molar-refractivity contribution in [1.29, 1.82) is 0 Å². The maximum Gasteiger partial charge on any atom is 0.244 e. The first-order valence-electron chi connectivity index (χ1n) is 3.29. The molecule has 0 rings (SSSR count). The first-order chi connectivity index (χ1) is 3.50. The Hall–Kier alpha value is 0.492. The predicted molar refractivity (Wildman–Crippen MR) is 40.6 cm³/mol. The predicted octanol–water partition coefficient (Wildman–Crippen LogP) is 0.340. The Morgan fingerprint density at radius 1 is 1.62 bits per heavy atom. The minimum absolute atomic E-state index is 0.181. The first kappa shape index (κ1) is 8.49. The highest BCUT2D eigenvalue weighted by molar-refractivity contribution is 6.15. The van der Waals surface area contributed by atoms with E-state index in [1.165, 1.54) is 0 Å². The molecule has 0 radical (unpaired) electrons. The summed E-state index contributed by atoms with van der Waals surface area (Å²) in [4.78, 5) is 0. The molecule has 0 aliphatic carbocycles. The van der Waals surface area contributed by atoms with E-state index in [-0.39, 0.29) is 4.40 Å². The van der Waals surface area contributed by atoms with Gasteiger partial charge in [0.15, 0.2) is 0 Å². The van der Waals surface area contributed by atoms with E-state index in [9.17, 15) is 0 Å². The molecule has 2 heteroatoms. The first-order valence-corrected chi connectivity index (χ1v) is 4.29. The van der Waals surface area contributed by atoms with Gasteiger partial charge in [-0.3, -0.25) is 0 Å². The molecular weight excluding hydrogens is 113 g/mol. The summed E-state index contributed by atoms with van der Waals surface area (Å²) in [6.07, 6.45) is 1.12. The molecule has 0 aliphatic heterocycles. The third-order valence-corrected chi connectivity index (χ3v) is 3.94. The van der Waals surface area contributed by atoms with Gasteiger partial charge >= 0.3 is 0 Å². The van der Waals surface area contributed by atoms with E-state index in [0.717, 1.165) is 22.7 Å². The van der Waals surface area contributed by atoms with Crippen LogP contribution in [0.15, 0.2) is 0 Å². The lowest BCUT2D eigenvalue weighted by Crippen LogP contribution is -2.44. The van der Waals surface area contributed by atoms with E-state index in [0.29, 0.717) is 5.92 Å². The molecule has 0 amide bonds. The highest BCUT2D eigenvalue weighted by Gasteiger charge is 2.19. The molecule has 0 saturated carbocycles. The van der Waals surface area contributed by atoms with Crippen LogP contribution in [0, 0.1) is 5.92 Å². The molecule has 0 heterocycles. The zero-order valence-corrected chi connectivity index (χ0v) is 8.36. The monoisotopic (exact) mass is 129 g/mol. The van der Waals surface area contributed by atoms with Crippen LogP contribution in [0.1, 0.15) is 27.2 Å². The molecule has 0 aromatic heterocycles. The lowest BCUT2D eigenvalue weighted by molar-refractivity contribution is 0.423. The number of hydrogen-bond acceptors (Lipinski definition) is 1. The van der Waals surface area contributed by atoms with Crippen molar-refractivity contribution in [2.75, 3.05) is 0 Å². The van der Waals surface area contributed by atoms with Crippen molar-refractivity contribution < 1.29 is 0 Å². The Kier molecular flexibility index (Phi) is 3.05. The summed E-state index contributed by atoms with van der Waals surface area (Å²) in [7, 11) is 0. The molecule has 0 fully saturated rings. The van der Waals surface area contributed by atoms with Crippen molar-refractivity contribution in [2.45, 2.75) is 31.6 Å². The Balaban J connectivity index is 3.71. The highest BCUT2D eigenvalue weighted by Crippen LogP contribution is 2.12. The van der Waals surface area contributed by atoms with Crippen LogP contribution in [0.4, 0.5) is 0 Å². The van der Waals surface area contributed by atoms with Crippen molar-refractivity contribution in [1.82, 2.24) is 0 Å². The van der Waals surface area contributed by atoms with Crippen molar-refractivity contribution in [3.63, 3.8) is 0 Å². The largest absolute Gasteiger partial charge is 0.338 e. The summed E-state index contributed by atoms with van der Waals surface area (Å²) >= 11 is 1.11. The molecule has 2 N–H and O–H groups in total. The Labute approximate surface area is 60.1 Å². The standard InChI is InChI=1S/C6H14N.Al.2H/c1-4-6(7)5(2)3;;;/h5H,4,7H2,1-3H3;;;. The lowest BCUT2D eigenvalue weighted by atomic mass is 10.0. The van der Waals surface area contributed by atoms with E-state index >= 15 is 0 Å². The van der Waals surface area contributed by atoms with E-state index in [4.69, 9.17) is 5.73 Å². The third-order valence-electron chi connectivity index (χ3n) is 2.08. The molecule has 1 nitrogen and oxygen atoms in total. The third kappa shape index (κ3) is 2.17. The fourth-order valence-corrected chi connectivity index (χ4v) is 0.408. The number of hydrogen-bond donors (Lipinski definition) is 1. The molecule has 48 valence electrons. The second-order valence-electron chi connectivity index (χ2n) is 3.01. The van der Waals surface area contributed by atoms with E-state index in [2.05, 4.69) is 20.8 Å². The van der Waals surface area contributed by atoms with Crippen LogP contribution in [-0.4, -0.2) is 20.7 Å². The second kappa shape index (κ2) is 2.87. The summed E-state index contributed by atoms with van der Waals surface area (Å²) in [6, 6.07) is 0. The summed E-state index contributed by atoms with van der Waals surface area (Å²) in [5.74, 6) is 0.652. The fourth-order valence-electron chi connectivity index (χ4n) is 0.408. The molecule has 0 aromatic rings. The van der Waals surface area contributed by atoms with Gasteiger partial charge in [-0.2, -0.15) is 0 Å². The van der Waals surface area contributed by atoms with Crippen molar-refractivity contribution >= 4 is 16.3 Å². The highest BCUT2D eigenvalue weighted by atomic mass is 27.0. The van der Waals surface area contributed by atoms with Crippen molar-refractivity contribution in [3.05, 3.63) is 0 Å². The number of nitrogens with two attached hydrogens (primary N) is 1. The minimum atomic E-state index is 0.181. The smallest absolute Gasteiger partial charge is 0.244 e. The summed E-state index contributed by atoms with van der Waals surface area (Å²) < 4.78 is 0.181. The molecule has 8 heavy (non-hydrogen) atoms. The molecule has 0 aromatic carbocycles. The number of rotatable bonds is 2. The van der Waals surface area contributed by atoms with Gasteiger partial charge in [-0.15, -0.1) is 0 Å². The van der Waals surface area contributed by atoms with Gasteiger partial charge in [0.2, 0.25) is 16.3 Å². The van der Waals surface area contributed by atoms with Crippen LogP contribution in [0.2, 0.25) is 0 Å². The van der Waals surface area contributed by atoms with E-state index in [1.54, 1.807) is 0 Å². The van der Waals surface area contributed by atoms with Crippen LogP contribution in [0.25, 0.3) is 0 Å². The van der Waals surface area contributed by atoms with Crippen LogP contribution in [0.5, 0.6) is 0 Å². The van der Waals surface area contributed by atoms with Crippen LogP contribution < -0.4 is 5.73 Å². The average Bonchev–Trinajstić information content (AvgIpc) is 1.67. The molecule has 0 saturated heterocycles. The lowest BCUT2D eigenvalue weighted by Gasteiger charge is -2.27. The van der Waals surface area contributed by atoms with Gasteiger partial charge in [-0.25, -0.2) is 0 Å². The zero-order chi connectivity index (χ0) is 6.78. The van der Waals surface area contributed by atoms with Gasteiger partial charge < -0.3 is 5.73 Å². The maximum absolute atomic E-state index is 5.92. The van der Waals surface area contributed by atoms with Crippen molar-refractivity contribution in [2.24, 2.45) is 11.7 Å². The molecule has 0 bridgehead atoms. The summed E-state index contributed by atoms with van der Waals surface area (Å²) in [6.45, 7) is 6.54. The minimum Gasteiger partial charge on any atom is -0.338 e. The molecule has 1 unspecified atom stereocenters. The molecular formula is C6H16AlN. The quantitative estimate of drug-likeness (QED) is 0.534. The van der Waals surface area contributed by atoms with E-state index in [1.807, 2.05) is 0 Å². The fraction of sp³-hybridized carbons (Fsp3) is 1.00. The molecule has 0 spiro atoms. The van der Waals surface area contributed by atoms with Crippen molar-refractivity contribution in [3.8, 4) is 0 Å². The van der Waals surface area contributed by atoms with E-state index < -0.39 is 0 Å². The SMILES string of the molecule is CC[C](N)([AlH2])C(C)C. The Morgan fingerprint density at radius 3 is 2.00 bits per heavy atom. The maximum atomic E-state index is 5.92. The van der Waals surface area contributed by atoms with Gasteiger partial charge in [0.05, 0.1) is 0 Å². The average molecular weight is 129 g/mol.